The molecule has 1 unspecified atom stereocenters. The first kappa shape index (κ1) is 11.9. The van der Waals surface area contributed by atoms with Crippen molar-refractivity contribution in [2.75, 3.05) is 31.1 Å². The summed E-state index contributed by atoms with van der Waals surface area (Å²) in [5.41, 5.74) is 1.33. The van der Waals surface area contributed by atoms with Crippen LogP contribution in [0.25, 0.3) is 0 Å². The molecule has 1 saturated heterocycles. The third-order valence-electron chi connectivity index (χ3n) is 3.00. The first-order valence-electron chi connectivity index (χ1n) is 5.97. The molecule has 1 atom stereocenters. The lowest BCUT2D eigenvalue weighted by molar-refractivity contribution is 0.468. The number of nitrogens with zero attached hydrogens (tertiary/aromatic N) is 1. The molecule has 88 valence electrons. The minimum absolute atomic E-state index is 0.701. The number of para-hydroxylation sites is 1. The van der Waals surface area contributed by atoms with Gasteiger partial charge in [-0.25, -0.2) is 0 Å². The lowest BCUT2D eigenvalue weighted by Crippen LogP contribution is -2.38. The summed E-state index contributed by atoms with van der Waals surface area (Å²) in [7, 11) is 0. The van der Waals surface area contributed by atoms with Crippen LogP contribution < -0.4 is 10.2 Å². The van der Waals surface area contributed by atoms with Gasteiger partial charge < -0.3 is 10.2 Å². The molecule has 1 aromatic rings. The van der Waals surface area contributed by atoms with Gasteiger partial charge >= 0.3 is 0 Å². The van der Waals surface area contributed by atoms with E-state index in [0.29, 0.717) is 5.92 Å². The van der Waals surface area contributed by atoms with Gasteiger partial charge in [-0.15, -0.1) is 0 Å². The largest absolute Gasteiger partial charge is 0.370 e. The molecule has 0 radical (unpaired) electrons. The summed E-state index contributed by atoms with van der Waals surface area (Å²) < 4.78 is 1.20. The molecule has 0 bridgehead atoms. The number of hydrogen-bond donors (Lipinski definition) is 1. The van der Waals surface area contributed by atoms with Gasteiger partial charge in [-0.3, -0.25) is 0 Å². The summed E-state index contributed by atoms with van der Waals surface area (Å²) in [5.74, 6) is 0.701. The van der Waals surface area contributed by atoms with E-state index in [9.17, 15) is 0 Å². The fourth-order valence-corrected chi connectivity index (χ4v) is 2.74. The summed E-state index contributed by atoms with van der Waals surface area (Å²) in [6.45, 7) is 6.84. The van der Waals surface area contributed by atoms with E-state index in [-0.39, 0.29) is 0 Å². The van der Waals surface area contributed by atoms with Gasteiger partial charge in [-0.2, -0.15) is 0 Å². The maximum absolute atomic E-state index is 3.64. The Bertz CT molecular complexity index is 340. The number of halogens is 1. The van der Waals surface area contributed by atoms with Crippen LogP contribution in [0.1, 0.15) is 13.3 Å². The zero-order chi connectivity index (χ0) is 11.4. The van der Waals surface area contributed by atoms with Crippen LogP contribution >= 0.6 is 15.9 Å². The van der Waals surface area contributed by atoms with E-state index in [1.807, 2.05) is 0 Å². The van der Waals surface area contributed by atoms with Gasteiger partial charge in [0.25, 0.3) is 0 Å². The average Bonchev–Trinajstić information content (AvgIpc) is 2.24. The van der Waals surface area contributed by atoms with Crippen molar-refractivity contribution in [1.82, 2.24) is 5.32 Å². The third-order valence-corrected chi connectivity index (χ3v) is 3.67. The van der Waals surface area contributed by atoms with Gasteiger partial charge in [-0.05, 0) is 53.5 Å². The Morgan fingerprint density at radius 2 is 2.19 bits per heavy atom. The molecule has 1 aromatic carbocycles. The molecule has 1 aliphatic heterocycles. The third kappa shape index (κ3) is 2.98. The second-order valence-corrected chi connectivity index (χ2v) is 5.41. The molecular weight excluding hydrogens is 264 g/mol. The Balaban J connectivity index is 2.14. The molecule has 2 nitrogen and oxygen atoms in total. The van der Waals surface area contributed by atoms with E-state index in [4.69, 9.17) is 0 Å². The Morgan fingerprint density at radius 1 is 1.38 bits per heavy atom. The van der Waals surface area contributed by atoms with Crippen LogP contribution in [-0.2, 0) is 0 Å². The van der Waals surface area contributed by atoms with Crippen LogP contribution in [0.4, 0.5) is 5.69 Å². The first-order valence-corrected chi connectivity index (χ1v) is 6.77. The molecule has 2 rings (SSSR count). The fourth-order valence-electron chi connectivity index (χ4n) is 2.20. The average molecular weight is 283 g/mol. The summed E-state index contributed by atoms with van der Waals surface area (Å²) in [6, 6.07) is 8.51. The highest BCUT2D eigenvalue weighted by Gasteiger charge is 2.15. The molecule has 1 N–H and O–H groups in total. The SMILES string of the molecule is CC1CNCCCN(c2ccccc2Br)C1. The van der Waals surface area contributed by atoms with Crippen molar-refractivity contribution in [2.24, 2.45) is 5.92 Å². The van der Waals surface area contributed by atoms with E-state index in [1.165, 1.54) is 16.6 Å². The minimum Gasteiger partial charge on any atom is -0.370 e. The lowest BCUT2D eigenvalue weighted by atomic mass is 10.1. The minimum atomic E-state index is 0.701. The molecule has 0 aromatic heterocycles. The smallest absolute Gasteiger partial charge is 0.0510 e. The van der Waals surface area contributed by atoms with Crippen LogP contribution in [0.2, 0.25) is 0 Å². The van der Waals surface area contributed by atoms with E-state index in [1.54, 1.807) is 0 Å². The van der Waals surface area contributed by atoms with E-state index < -0.39 is 0 Å². The van der Waals surface area contributed by atoms with Crippen molar-refractivity contribution >= 4 is 21.6 Å². The summed E-state index contributed by atoms with van der Waals surface area (Å²) in [6.07, 6.45) is 1.22. The van der Waals surface area contributed by atoms with Crippen molar-refractivity contribution < 1.29 is 0 Å². The second kappa shape index (κ2) is 5.69. The normalized spacial score (nSPS) is 22.6. The molecule has 1 aliphatic rings. The number of rotatable bonds is 1. The number of benzene rings is 1. The van der Waals surface area contributed by atoms with Crippen LogP contribution in [-0.4, -0.2) is 26.2 Å². The number of anilines is 1. The maximum atomic E-state index is 3.64. The molecule has 0 amide bonds. The van der Waals surface area contributed by atoms with Crippen LogP contribution in [0.15, 0.2) is 28.7 Å². The highest BCUT2D eigenvalue weighted by molar-refractivity contribution is 9.10. The molecule has 3 heteroatoms. The Labute approximate surface area is 106 Å². The number of nitrogens with one attached hydrogen (secondary N) is 1. The highest BCUT2D eigenvalue weighted by atomic mass is 79.9. The lowest BCUT2D eigenvalue weighted by Gasteiger charge is -2.31. The predicted molar refractivity (Wildman–Crippen MR) is 73.0 cm³/mol. The van der Waals surface area contributed by atoms with Crippen molar-refractivity contribution in [2.45, 2.75) is 13.3 Å². The Hall–Kier alpha value is -0.540. The van der Waals surface area contributed by atoms with Crippen LogP contribution in [0.5, 0.6) is 0 Å². The van der Waals surface area contributed by atoms with Crippen molar-refractivity contribution in [3.8, 4) is 0 Å². The molecule has 1 fully saturated rings. The van der Waals surface area contributed by atoms with Gasteiger partial charge in [0.2, 0.25) is 0 Å². The van der Waals surface area contributed by atoms with Crippen molar-refractivity contribution in [3.05, 3.63) is 28.7 Å². The Morgan fingerprint density at radius 3 is 3.00 bits per heavy atom. The highest BCUT2D eigenvalue weighted by Crippen LogP contribution is 2.26. The fraction of sp³-hybridized carbons (Fsp3) is 0.538. The second-order valence-electron chi connectivity index (χ2n) is 4.56. The Kier molecular flexibility index (Phi) is 4.24. The summed E-state index contributed by atoms with van der Waals surface area (Å²) >= 11 is 3.64. The number of hydrogen-bond acceptors (Lipinski definition) is 2. The summed E-state index contributed by atoms with van der Waals surface area (Å²) in [5, 5.41) is 3.49. The maximum Gasteiger partial charge on any atom is 0.0510 e. The molecule has 16 heavy (non-hydrogen) atoms. The molecule has 0 spiro atoms. The van der Waals surface area contributed by atoms with Crippen LogP contribution in [0.3, 0.4) is 0 Å². The van der Waals surface area contributed by atoms with Gasteiger partial charge in [0, 0.05) is 17.6 Å². The van der Waals surface area contributed by atoms with Gasteiger partial charge in [0.1, 0.15) is 0 Å². The zero-order valence-electron chi connectivity index (χ0n) is 9.75. The quantitative estimate of drug-likeness (QED) is 0.852. The summed E-state index contributed by atoms with van der Waals surface area (Å²) in [4.78, 5) is 2.50. The van der Waals surface area contributed by atoms with Crippen LogP contribution in [0, 0.1) is 5.92 Å². The monoisotopic (exact) mass is 282 g/mol. The van der Waals surface area contributed by atoms with Crippen molar-refractivity contribution in [1.29, 1.82) is 0 Å². The van der Waals surface area contributed by atoms with Gasteiger partial charge in [-0.1, -0.05) is 19.1 Å². The van der Waals surface area contributed by atoms with Gasteiger partial charge in [0.05, 0.1) is 5.69 Å². The van der Waals surface area contributed by atoms with Crippen molar-refractivity contribution in [3.63, 3.8) is 0 Å². The van der Waals surface area contributed by atoms with Gasteiger partial charge in [0.15, 0.2) is 0 Å². The first-order chi connectivity index (χ1) is 7.77. The zero-order valence-corrected chi connectivity index (χ0v) is 11.3. The standard InChI is InChI=1S/C13H19BrN2/c1-11-9-15-7-4-8-16(10-11)13-6-3-2-5-12(13)14/h2-3,5-6,11,15H,4,7-10H2,1H3. The molecular formula is C13H19BrN2. The van der Waals surface area contributed by atoms with E-state index in [2.05, 4.69) is 57.3 Å². The predicted octanol–water partition coefficient (Wildman–Crippen LogP) is 2.88. The molecule has 0 saturated carbocycles. The topological polar surface area (TPSA) is 15.3 Å². The van der Waals surface area contributed by atoms with E-state index in [0.717, 1.165) is 26.2 Å². The molecule has 1 heterocycles. The molecule has 0 aliphatic carbocycles. The van der Waals surface area contributed by atoms with E-state index >= 15 is 0 Å².